The maximum atomic E-state index is 12.4. The third-order valence-corrected chi connectivity index (χ3v) is 5.09. The van der Waals surface area contributed by atoms with E-state index in [2.05, 4.69) is 41.5 Å². The van der Waals surface area contributed by atoms with Gasteiger partial charge in [0.1, 0.15) is 0 Å². The lowest BCUT2D eigenvalue weighted by atomic mass is 10.0. The maximum absolute atomic E-state index is 12.4. The molecule has 2 fully saturated rings. The number of hydrogen-bond acceptors (Lipinski definition) is 3. The third kappa shape index (κ3) is 4.48. The molecule has 132 valence electrons. The average molecular weight is 331 g/mol. The van der Waals surface area contributed by atoms with Gasteiger partial charge >= 0.3 is 6.03 Å². The molecule has 0 bridgehead atoms. The normalized spacial score (nSPS) is 20.4. The first kappa shape index (κ1) is 17.2. The number of amides is 2. The summed E-state index contributed by atoms with van der Waals surface area (Å²) in [6, 6.07) is 10.3. The van der Waals surface area contributed by atoms with Gasteiger partial charge in [0.25, 0.3) is 0 Å². The molecule has 1 saturated heterocycles. The fourth-order valence-corrected chi connectivity index (χ4v) is 3.33. The molecule has 1 atom stereocenters. The predicted molar refractivity (Wildman–Crippen MR) is 94.9 cm³/mol. The van der Waals surface area contributed by atoms with Crippen molar-refractivity contribution in [1.29, 1.82) is 0 Å². The molecule has 1 aromatic rings. The second kappa shape index (κ2) is 7.53. The largest absolute Gasteiger partial charge is 0.379 e. The Morgan fingerprint density at radius 1 is 1.25 bits per heavy atom. The first-order chi connectivity index (χ1) is 11.6. The zero-order valence-corrected chi connectivity index (χ0v) is 14.8. The van der Waals surface area contributed by atoms with E-state index < -0.39 is 0 Å². The lowest BCUT2D eigenvalue weighted by Crippen LogP contribution is -2.56. The van der Waals surface area contributed by atoms with E-state index in [9.17, 15) is 4.79 Å². The highest BCUT2D eigenvalue weighted by atomic mass is 16.5. The van der Waals surface area contributed by atoms with Crippen molar-refractivity contribution in [3.63, 3.8) is 0 Å². The van der Waals surface area contributed by atoms with Crippen molar-refractivity contribution in [2.24, 2.45) is 5.92 Å². The van der Waals surface area contributed by atoms with E-state index in [0.29, 0.717) is 12.5 Å². The predicted octanol–water partition coefficient (Wildman–Crippen LogP) is 2.55. The van der Waals surface area contributed by atoms with Crippen LogP contribution >= 0.6 is 0 Å². The summed E-state index contributed by atoms with van der Waals surface area (Å²) < 4.78 is 5.41. The minimum atomic E-state index is -0.0721. The monoisotopic (exact) mass is 331 g/mol. The van der Waals surface area contributed by atoms with E-state index in [1.807, 2.05) is 18.2 Å². The Balaban J connectivity index is 1.52. The molecule has 1 aliphatic carbocycles. The second-order valence-corrected chi connectivity index (χ2v) is 7.46. The summed E-state index contributed by atoms with van der Waals surface area (Å²) in [7, 11) is 0. The van der Waals surface area contributed by atoms with E-state index in [4.69, 9.17) is 4.74 Å². The van der Waals surface area contributed by atoms with Gasteiger partial charge in [0.2, 0.25) is 0 Å². The minimum Gasteiger partial charge on any atom is -0.379 e. The number of nitrogens with zero attached hydrogens (tertiary/aromatic N) is 1. The Labute approximate surface area is 144 Å². The summed E-state index contributed by atoms with van der Waals surface area (Å²) in [6.45, 7) is 8.37. The van der Waals surface area contributed by atoms with E-state index >= 15 is 0 Å². The Bertz CT molecular complexity index is 537. The lowest BCUT2D eigenvalue weighted by Gasteiger charge is -2.40. The van der Waals surface area contributed by atoms with Crippen LogP contribution in [0.15, 0.2) is 30.3 Å². The van der Waals surface area contributed by atoms with Gasteiger partial charge in [-0.2, -0.15) is 0 Å². The van der Waals surface area contributed by atoms with E-state index in [-0.39, 0.29) is 17.6 Å². The molecule has 1 unspecified atom stereocenters. The van der Waals surface area contributed by atoms with Gasteiger partial charge in [0, 0.05) is 25.2 Å². The van der Waals surface area contributed by atoms with Crippen molar-refractivity contribution in [3.8, 4) is 0 Å². The number of benzene rings is 1. The van der Waals surface area contributed by atoms with Crippen LogP contribution in [0.25, 0.3) is 0 Å². The van der Waals surface area contributed by atoms with E-state index in [1.54, 1.807) is 0 Å². The Morgan fingerprint density at radius 2 is 1.92 bits per heavy atom. The summed E-state index contributed by atoms with van der Waals surface area (Å²) >= 11 is 0. The molecule has 0 aromatic heterocycles. The quantitative estimate of drug-likeness (QED) is 0.842. The van der Waals surface area contributed by atoms with Crippen LogP contribution < -0.4 is 10.6 Å². The number of urea groups is 1. The number of carbonyl (C=O) groups is 1. The zero-order valence-electron chi connectivity index (χ0n) is 14.8. The first-order valence-corrected chi connectivity index (χ1v) is 8.98. The summed E-state index contributed by atoms with van der Waals surface area (Å²) in [5.41, 5.74) is 1.13. The van der Waals surface area contributed by atoms with Crippen LogP contribution in [0.2, 0.25) is 0 Å². The summed E-state index contributed by atoms with van der Waals surface area (Å²) in [5.74, 6) is 0.574. The summed E-state index contributed by atoms with van der Waals surface area (Å²) in [5, 5.41) is 6.25. The molecule has 1 heterocycles. The Morgan fingerprint density at radius 3 is 2.54 bits per heavy atom. The van der Waals surface area contributed by atoms with Gasteiger partial charge < -0.3 is 15.4 Å². The van der Waals surface area contributed by atoms with Crippen LogP contribution in [0.3, 0.4) is 0 Å². The molecule has 5 heteroatoms. The molecule has 5 nitrogen and oxygen atoms in total. The summed E-state index contributed by atoms with van der Waals surface area (Å²) in [4.78, 5) is 14.8. The van der Waals surface area contributed by atoms with Crippen molar-refractivity contribution >= 4 is 6.03 Å². The Kier molecular flexibility index (Phi) is 5.41. The van der Waals surface area contributed by atoms with Crippen molar-refractivity contribution in [3.05, 3.63) is 35.9 Å². The molecule has 1 saturated carbocycles. The highest BCUT2D eigenvalue weighted by molar-refractivity contribution is 5.74. The first-order valence-electron chi connectivity index (χ1n) is 8.98. The van der Waals surface area contributed by atoms with Gasteiger partial charge in [-0.15, -0.1) is 0 Å². The molecule has 24 heavy (non-hydrogen) atoms. The number of morpholine rings is 1. The number of carbonyl (C=O) groups excluding carboxylic acids is 1. The highest BCUT2D eigenvalue weighted by Crippen LogP contribution is 2.40. The Hall–Kier alpha value is -1.59. The molecule has 2 N–H and O–H groups in total. The standard InChI is InChI=1S/C19H29N3O2/c1-19(2,22-10-12-24-13-11-22)14-20-18(23)21-17(16-8-9-16)15-6-4-3-5-7-15/h3-7,16-17H,8-14H2,1-2H3,(H2,20,21,23). The number of nitrogens with one attached hydrogen (secondary N) is 2. The fraction of sp³-hybridized carbons (Fsp3) is 0.632. The van der Waals surface area contributed by atoms with Gasteiger partial charge in [0.05, 0.1) is 19.3 Å². The fourth-order valence-electron chi connectivity index (χ4n) is 3.33. The van der Waals surface area contributed by atoms with Gasteiger partial charge in [-0.05, 0) is 38.2 Å². The molecule has 0 spiro atoms. The second-order valence-electron chi connectivity index (χ2n) is 7.46. The van der Waals surface area contributed by atoms with Gasteiger partial charge in [-0.25, -0.2) is 4.79 Å². The smallest absolute Gasteiger partial charge is 0.315 e. The van der Waals surface area contributed by atoms with E-state index in [0.717, 1.165) is 26.3 Å². The molecule has 1 aliphatic heterocycles. The topological polar surface area (TPSA) is 53.6 Å². The van der Waals surface area contributed by atoms with Crippen molar-refractivity contribution in [1.82, 2.24) is 15.5 Å². The maximum Gasteiger partial charge on any atom is 0.315 e. The van der Waals surface area contributed by atoms with Crippen molar-refractivity contribution < 1.29 is 9.53 Å². The zero-order chi connectivity index (χ0) is 17.0. The molecule has 0 radical (unpaired) electrons. The van der Waals surface area contributed by atoms with Crippen LogP contribution in [-0.4, -0.2) is 49.3 Å². The molecule has 2 aliphatic rings. The highest BCUT2D eigenvalue weighted by Gasteiger charge is 2.34. The number of hydrogen-bond donors (Lipinski definition) is 2. The van der Waals surface area contributed by atoms with Crippen LogP contribution in [-0.2, 0) is 4.74 Å². The van der Waals surface area contributed by atoms with Crippen molar-refractivity contribution in [2.45, 2.75) is 38.3 Å². The molecule has 1 aromatic carbocycles. The molecule has 2 amide bonds. The van der Waals surface area contributed by atoms with Gasteiger partial charge in [0.15, 0.2) is 0 Å². The SMILES string of the molecule is CC(C)(CNC(=O)NC(c1ccccc1)C1CC1)N1CCOCC1. The average Bonchev–Trinajstić information content (AvgIpc) is 3.44. The van der Waals surface area contributed by atoms with Crippen LogP contribution in [0.1, 0.15) is 38.3 Å². The van der Waals surface area contributed by atoms with Gasteiger partial charge in [-0.1, -0.05) is 30.3 Å². The van der Waals surface area contributed by atoms with Gasteiger partial charge in [-0.3, -0.25) is 4.90 Å². The lowest BCUT2D eigenvalue weighted by molar-refractivity contribution is -0.00877. The van der Waals surface area contributed by atoms with Crippen LogP contribution in [0.5, 0.6) is 0 Å². The number of rotatable bonds is 6. The minimum absolute atomic E-state index is 0.0665. The summed E-state index contributed by atoms with van der Waals surface area (Å²) in [6.07, 6.45) is 2.39. The third-order valence-electron chi connectivity index (χ3n) is 5.09. The molecular weight excluding hydrogens is 302 g/mol. The van der Waals surface area contributed by atoms with Crippen LogP contribution in [0, 0.1) is 5.92 Å². The van der Waals surface area contributed by atoms with Crippen molar-refractivity contribution in [2.75, 3.05) is 32.8 Å². The van der Waals surface area contributed by atoms with Crippen LogP contribution in [0.4, 0.5) is 4.79 Å². The molecule has 3 rings (SSSR count). The number of ether oxygens (including phenoxy) is 1. The molecular formula is C19H29N3O2. The van der Waals surface area contributed by atoms with E-state index in [1.165, 1.54) is 18.4 Å².